The predicted octanol–water partition coefficient (Wildman–Crippen LogP) is 2.27. The van der Waals surface area contributed by atoms with E-state index < -0.39 is 0 Å². The molecule has 1 aromatic heterocycles. The Hall–Kier alpha value is -0.450. The van der Waals surface area contributed by atoms with Crippen LogP contribution in [0.15, 0.2) is 5.51 Å². The molecule has 2 heterocycles. The Morgan fingerprint density at radius 1 is 1.59 bits per heavy atom. The first-order valence-corrected chi connectivity index (χ1v) is 7.38. The van der Waals surface area contributed by atoms with Crippen LogP contribution < -0.4 is 5.32 Å². The third kappa shape index (κ3) is 3.76. The summed E-state index contributed by atoms with van der Waals surface area (Å²) in [5.41, 5.74) is 3.16. The van der Waals surface area contributed by atoms with Crippen LogP contribution in [0.25, 0.3) is 0 Å². The first-order chi connectivity index (χ1) is 8.15. The molecule has 0 spiro atoms. The van der Waals surface area contributed by atoms with E-state index in [-0.39, 0.29) is 0 Å². The summed E-state index contributed by atoms with van der Waals surface area (Å²) >= 11 is 1.79. The highest BCUT2D eigenvalue weighted by molar-refractivity contribution is 7.09. The van der Waals surface area contributed by atoms with Crippen molar-refractivity contribution in [2.24, 2.45) is 5.92 Å². The fourth-order valence-electron chi connectivity index (χ4n) is 2.45. The third-order valence-corrected chi connectivity index (χ3v) is 4.23. The number of aryl methyl sites for hydroxylation is 1. The van der Waals surface area contributed by atoms with Gasteiger partial charge < -0.3 is 5.32 Å². The lowest BCUT2D eigenvalue weighted by atomic mass is 10.0. The Bertz CT molecular complexity index is 348. The lowest BCUT2D eigenvalue weighted by molar-refractivity contribution is 0.180. The van der Waals surface area contributed by atoms with E-state index in [2.05, 4.69) is 36.0 Å². The highest BCUT2D eigenvalue weighted by Crippen LogP contribution is 2.17. The van der Waals surface area contributed by atoms with E-state index in [4.69, 9.17) is 0 Å². The molecule has 1 aliphatic heterocycles. The van der Waals surface area contributed by atoms with Gasteiger partial charge >= 0.3 is 0 Å². The summed E-state index contributed by atoms with van der Waals surface area (Å²) in [5, 5.41) is 3.62. The summed E-state index contributed by atoms with van der Waals surface area (Å²) in [5.74, 6) is 0.776. The minimum absolute atomic E-state index is 0.664. The van der Waals surface area contributed by atoms with Gasteiger partial charge in [0.25, 0.3) is 0 Å². The smallest absolute Gasteiger partial charge is 0.0798 e. The van der Waals surface area contributed by atoms with Gasteiger partial charge in [0.15, 0.2) is 0 Å². The Balaban J connectivity index is 1.87. The molecule has 1 aromatic rings. The molecule has 96 valence electrons. The number of hydrogen-bond donors (Lipinski definition) is 1. The van der Waals surface area contributed by atoms with Gasteiger partial charge in [-0.2, -0.15) is 0 Å². The third-order valence-electron chi connectivity index (χ3n) is 3.31. The highest BCUT2D eigenvalue weighted by atomic mass is 32.1. The molecule has 2 rings (SSSR count). The highest BCUT2D eigenvalue weighted by Gasteiger charge is 2.20. The molecule has 0 saturated carbocycles. The fraction of sp³-hybridized carbons (Fsp3) is 0.769. The molecule has 17 heavy (non-hydrogen) atoms. The number of piperazine rings is 1. The van der Waals surface area contributed by atoms with Gasteiger partial charge in [-0.3, -0.25) is 4.90 Å². The van der Waals surface area contributed by atoms with Crippen LogP contribution in [0.5, 0.6) is 0 Å². The summed E-state index contributed by atoms with van der Waals surface area (Å²) in [6, 6.07) is 0.664. The largest absolute Gasteiger partial charge is 0.311 e. The summed E-state index contributed by atoms with van der Waals surface area (Å²) < 4.78 is 0. The van der Waals surface area contributed by atoms with E-state index in [1.54, 1.807) is 11.3 Å². The molecule has 0 amide bonds. The molecular weight excluding hydrogens is 230 g/mol. The van der Waals surface area contributed by atoms with Crippen molar-refractivity contribution in [2.75, 3.05) is 19.6 Å². The molecule has 1 N–H and O–H groups in total. The number of nitrogens with one attached hydrogen (secondary N) is 1. The van der Waals surface area contributed by atoms with Gasteiger partial charge in [0.1, 0.15) is 0 Å². The SMILES string of the molecule is Cc1ncsc1CN1CCNC(CC(C)C)C1. The molecule has 1 aliphatic rings. The first-order valence-electron chi connectivity index (χ1n) is 6.50. The number of hydrogen-bond acceptors (Lipinski definition) is 4. The van der Waals surface area contributed by atoms with Crippen LogP contribution in [0.4, 0.5) is 0 Å². The molecule has 1 saturated heterocycles. The topological polar surface area (TPSA) is 28.2 Å². The summed E-state index contributed by atoms with van der Waals surface area (Å²) in [6.45, 7) is 11.2. The van der Waals surface area contributed by atoms with Crippen molar-refractivity contribution >= 4 is 11.3 Å². The summed E-state index contributed by atoms with van der Waals surface area (Å²) in [7, 11) is 0. The van der Waals surface area contributed by atoms with Crippen LogP contribution in [-0.4, -0.2) is 35.6 Å². The molecule has 0 bridgehead atoms. The molecule has 1 fully saturated rings. The van der Waals surface area contributed by atoms with E-state index in [9.17, 15) is 0 Å². The Morgan fingerprint density at radius 2 is 2.41 bits per heavy atom. The zero-order valence-electron chi connectivity index (χ0n) is 11.1. The van der Waals surface area contributed by atoms with Crippen molar-refractivity contribution in [2.45, 2.75) is 39.8 Å². The monoisotopic (exact) mass is 253 g/mol. The Labute approximate surface area is 108 Å². The maximum Gasteiger partial charge on any atom is 0.0798 e. The average Bonchev–Trinajstić information content (AvgIpc) is 2.64. The molecule has 0 radical (unpaired) electrons. The molecule has 0 aliphatic carbocycles. The lowest BCUT2D eigenvalue weighted by Crippen LogP contribution is -2.50. The van der Waals surface area contributed by atoms with Crippen LogP contribution in [-0.2, 0) is 6.54 Å². The second kappa shape index (κ2) is 5.94. The van der Waals surface area contributed by atoms with Crippen LogP contribution in [0.2, 0.25) is 0 Å². The lowest BCUT2D eigenvalue weighted by Gasteiger charge is -2.34. The molecule has 1 unspecified atom stereocenters. The van der Waals surface area contributed by atoms with Gasteiger partial charge in [-0.15, -0.1) is 11.3 Å². The molecule has 4 heteroatoms. The van der Waals surface area contributed by atoms with Gasteiger partial charge in [0, 0.05) is 37.1 Å². The number of thiazole rings is 1. The molecular formula is C13H23N3S. The van der Waals surface area contributed by atoms with Gasteiger partial charge in [0.05, 0.1) is 11.2 Å². The molecule has 0 aromatic carbocycles. The van der Waals surface area contributed by atoms with Crippen molar-refractivity contribution < 1.29 is 0 Å². The minimum Gasteiger partial charge on any atom is -0.311 e. The van der Waals surface area contributed by atoms with E-state index in [1.807, 2.05) is 5.51 Å². The minimum atomic E-state index is 0.664. The van der Waals surface area contributed by atoms with E-state index in [1.165, 1.54) is 23.5 Å². The summed E-state index contributed by atoms with van der Waals surface area (Å²) in [4.78, 5) is 8.31. The maximum absolute atomic E-state index is 4.33. The van der Waals surface area contributed by atoms with Crippen molar-refractivity contribution in [3.63, 3.8) is 0 Å². The van der Waals surface area contributed by atoms with E-state index in [0.29, 0.717) is 6.04 Å². The predicted molar refractivity (Wildman–Crippen MR) is 73.4 cm³/mol. The second-order valence-corrected chi connectivity index (χ2v) is 6.32. The second-order valence-electron chi connectivity index (χ2n) is 5.38. The average molecular weight is 253 g/mol. The van der Waals surface area contributed by atoms with Gasteiger partial charge in [-0.25, -0.2) is 4.98 Å². The zero-order valence-corrected chi connectivity index (χ0v) is 11.9. The molecule has 3 nitrogen and oxygen atoms in total. The standard InChI is InChI=1S/C13H23N3S/c1-10(2)6-12-7-16(5-4-14-12)8-13-11(3)15-9-17-13/h9-10,12,14H,4-8H2,1-3H3. The fourth-order valence-corrected chi connectivity index (χ4v) is 3.26. The van der Waals surface area contributed by atoms with Crippen molar-refractivity contribution in [3.8, 4) is 0 Å². The zero-order chi connectivity index (χ0) is 12.3. The van der Waals surface area contributed by atoms with Crippen LogP contribution >= 0.6 is 11.3 Å². The van der Waals surface area contributed by atoms with Crippen LogP contribution in [0.1, 0.15) is 30.8 Å². The van der Waals surface area contributed by atoms with Crippen molar-refractivity contribution in [1.82, 2.24) is 15.2 Å². The normalized spacial score (nSPS) is 22.2. The Kier molecular flexibility index (Phi) is 4.54. The molecule has 1 atom stereocenters. The van der Waals surface area contributed by atoms with Crippen LogP contribution in [0, 0.1) is 12.8 Å². The summed E-state index contributed by atoms with van der Waals surface area (Å²) in [6.07, 6.45) is 1.28. The van der Waals surface area contributed by atoms with Crippen molar-refractivity contribution in [3.05, 3.63) is 16.1 Å². The van der Waals surface area contributed by atoms with Gasteiger partial charge in [-0.1, -0.05) is 13.8 Å². The van der Waals surface area contributed by atoms with Gasteiger partial charge in [-0.05, 0) is 19.3 Å². The first kappa shape index (κ1) is 13.0. The Morgan fingerprint density at radius 3 is 3.06 bits per heavy atom. The number of nitrogens with zero attached hydrogens (tertiary/aromatic N) is 2. The van der Waals surface area contributed by atoms with Crippen molar-refractivity contribution in [1.29, 1.82) is 0 Å². The number of rotatable bonds is 4. The maximum atomic E-state index is 4.33. The number of aromatic nitrogens is 1. The van der Waals surface area contributed by atoms with E-state index in [0.717, 1.165) is 25.6 Å². The van der Waals surface area contributed by atoms with E-state index >= 15 is 0 Å². The van der Waals surface area contributed by atoms with Crippen LogP contribution in [0.3, 0.4) is 0 Å². The quantitative estimate of drug-likeness (QED) is 0.892. The van der Waals surface area contributed by atoms with Gasteiger partial charge in [0.2, 0.25) is 0 Å².